The number of carbonyl (C=O) groups excluding carboxylic acids is 4. The van der Waals surface area contributed by atoms with Gasteiger partial charge in [0.1, 0.15) is 17.9 Å². The molecular weight excluding hydrogens is 402 g/mol. The number of rotatable bonds is 8. The number of esters is 2. The van der Waals surface area contributed by atoms with Gasteiger partial charge in [-0.15, -0.1) is 11.3 Å². The summed E-state index contributed by atoms with van der Waals surface area (Å²) < 4.78 is 10.1. The number of hydrogen-bond donors (Lipinski definition) is 1. The van der Waals surface area contributed by atoms with Crippen LogP contribution in [-0.4, -0.2) is 41.4 Å². The van der Waals surface area contributed by atoms with Crippen LogP contribution in [0, 0.1) is 0 Å². The van der Waals surface area contributed by atoms with E-state index < -0.39 is 29.6 Å². The zero-order valence-corrected chi connectivity index (χ0v) is 16.9. The second kappa shape index (κ2) is 10.6. The molecule has 2 rings (SSSR count). The maximum atomic E-state index is 12.1. The topological polar surface area (TPSA) is 98.8 Å². The monoisotopic (exact) mass is 421 g/mol. The van der Waals surface area contributed by atoms with Gasteiger partial charge < -0.3 is 14.8 Å². The van der Waals surface area contributed by atoms with E-state index in [1.807, 2.05) is 0 Å². The number of hydrogen-bond acceptors (Lipinski definition) is 8. The molecule has 1 amide bonds. The Kier molecular flexibility index (Phi) is 8.21. The van der Waals surface area contributed by atoms with E-state index in [0.717, 1.165) is 11.8 Å². The zero-order chi connectivity index (χ0) is 20.5. The van der Waals surface area contributed by atoms with E-state index in [1.54, 1.807) is 43.5 Å². The fourth-order valence-electron chi connectivity index (χ4n) is 2.06. The number of amides is 1. The molecule has 1 N–H and O–H groups in total. The van der Waals surface area contributed by atoms with Gasteiger partial charge in [-0.3, -0.25) is 9.59 Å². The molecule has 0 bridgehead atoms. The maximum absolute atomic E-state index is 12.1. The highest BCUT2D eigenvalue weighted by Gasteiger charge is 2.21. The average Bonchev–Trinajstić information content (AvgIpc) is 3.21. The van der Waals surface area contributed by atoms with E-state index in [1.165, 1.54) is 23.5 Å². The highest BCUT2D eigenvalue weighted by molar-refractivity contribution is 8.15. The predicted molar refractivity (Wildman–Crippen MR) is 107 cm³/mol. The molecule has 0 aliphatic carbocycles. The summed E-state index contributed by atoms with van der Waals surface area (Å²) >= 11 is 2.18. The number of ether oxygens (including phenoxy) is 2. The van der Waals surface area contributed by atoms with Gasteiger partial charge in [0.2, 0.25) is 11.0 Å². The summed E-state index contributed by atoms with van der Waals surface area (Å²) in [6.07, 6.45) is 0. The molecule has 7 nitrogen and oxygen atoms in total. The largest absolute Gasteiger partial charge is 0.462 e. The Bertz CT molecular complexity index is 850. The van der Waals surface area contributed by atoms with Gasteiger partial charge in [0, 0.05) is 0 Å². The van der Waals surface area contributed by atoms with Crippen molar-refractivity contribution in [1.82, 2.24) is 5.32 Å². The Morgan fingerprint density at radius 3 is 2.57 bits per heavy atom. The highest BCUT2D eigenvalue weighted by Crippen LogP contribution is 2.21. The normalized spacial score (nSPS) is 11.4. The molecule has 0 aliphatic heterocycles. The Morgan fingerprint density at radius 1 is 1.14 bits per heavy atom. The summed E-state index contributed by atoms with van der Waals surface area (Å²) in [4.78, 5) is 48.6. The summed E-state index contributed by atoms with van der Waals surface area (Å²) in [5.41, 5.74) is 0.120. The first-order valence-corrected chi connectivity index (χ1v) is 10.2. The van der Waals surface area contributed by atoms with Gasteiger partial charge in [0.25, 0.3) is 0 Å². The van der Waals surface area contributed by atoms with E-state index in [2.05, 4.69) is 5.32 Å². The van der Waals surface area contributed by atoms with Crippen LogP contribution >= 0.6 is 23.1 Å². The first-order valence-electron chi connectivity index (χ1n) is 8.41. The lowest BCUT2D eigenvalue weighted by molar-refractivity contribution is -0.135. The third kappa shape index (κ3) is 6.21. The smallest absolute Gasteiger partial charge is 0.341 e. The third-order valence-electron chi connectivity index (χ3n) is 3.39. The van der Waals surface area contributed by atoms with Crippen LogP contribution in [0.2, 0.25) is 0 Å². The van der Waals surface area contributed by atoms with E-state index >= 15 is 0 Å². The Balaban J connectivity index is 1.86. The second-order valence-corrected chi connectivity index (χ2v) is 7.69. The molecule has 9 heteroatoms. The van der Waals surface area contributed by atoms with Crippen molar-refractivity contribution in [2.45, 2.75) is 19.1 Å². The standard InChI is InChI=1S/C19H19NO6S2/c1-3-25-18(23)13-7-4-5-8-14(13)26-16(21)11-20-17(22)12(2)28-19(24)15-9-6-10-27-15/h4-10,12H,3,11H2,1-2H3,(H,20,22). The Labute approximate surface area is 170 Å². The molecule has 148 valence electrons. The molecule has 28 heavy (non-hydrogen) atoms. The van der Waals surface area contributed by atoms with Gasteiger partial charge in [-0.05, 0) is 37.4 Å². The van der Waals surface area contributed by atoms with Crippen molar-refractivity contribution in [3.63, 3.8) is 0 Å². The zero-order valence-electron chi connectivity index (χ0n) is 15.3. The van der Waals surface area contributed by atoms with Crippen LogP contribution in [0.4, 0.5) is 0 Å². The summed E-state index contributed by atoms with van der Waals surface area (Å²) in [5, 5.41) is 3.33. The van der Waals surface area contributed by atoms with Crippen LogP contribution in [-0.2, 0) is 14.3 Å². The molecule has 0 aliphatic rings. The lowest BCUT2D eigenvalue weighted by Gasteiger charge is -2.12. The van der Waals surface area contributed by atoms with E-state index in [0.29, 0.717) is 4.88 Å². The minimum Gasteiger partial charge on any atom is -0.462 e. The van der Waals surface area contributed by atoms with Gasteiger partial charge in [-0.2, -0.15) is 0 Å². The van der Waals surface area contributed by atoms with Crippen LogP contribution < -0.4 is 10.1 Å². The quantitative estimate of drug-likeness (QED) is 0.517. The minimum atomic E-state index is -0.744. The van der Waals surface area contributed by atoms with Crippen LogP contribution in [0.1, 0.15) is 33.9 Å². The van der Waals surface area contributed by atoms with Gasteiger partial charge in [-0.1, -0.05) is 30.0 Å². The van der Waals surface area contributed by atoms with Crippen LogP contribution in [0.15, 0.2) is 41.8 Å². The number of para-hydroxylation sites is 1. The molecule has 1 aromatic carbocycles. The van der Waals surface area contributed by atoms with Crippen molar-refractivity contribution in [3.8, 4) is 5.75 Å². The molecule has 0 saturated heterocycles. The summed E-state index contributed by atoms with van der Waals surface area (Å²) in [7, 11) is 0. The SMILES string of the molecule is CCOC(=O)c1ccccc1OC(=O)CNC(=O)C(C)SC(=O)c1cccs1. The van der Waals surface area contributed by atoms with Crippen LogP contribution in [0.5, 0.6) is 5.75 Å². The number of nitrogens with one attached hydrogen (secondary N) is 1. The number of carbonyl (C=O) groups is 4. The molecule has 0 spiro atoms. The molecular formula is C19H19NO6S2. The fourth-order valence-corrected chi connectivity index (χ4v) is 3.60. The van der Waals surface area contributed by atoms with E-state index in [4.69, 9.17) is 9.47 Å². The lowest BCUT2D eigenvalue weighted by atomic mass is 10.2. The summed E-state index contributed by atoms with van der Waals surface area (Å²) in [5.74, 6) is -1.76. The predicted octanol–water partition coefficient (Wildman–Crippen LogP) is 2.91. The van der Waals surface area contributed by atoms with Crippen molar-refractivity contribution in [2.24, 2.45) is 0 Å². The van der Waals surface area contributed by atoms with Crippen molar-refractivity contribution in [1.29, 1.82) is 0 Å². The number of thiophene rings is 1. The Morgan fingerprint density at radius 2 is 1.89 bits per heavy atom. The molecule has 1 aromatic heterocycles. The van der Waals surface area contributed by atoms with Gasteiger partial charge in [-0.25, -0.2) is 9.59 Å². The van der Waals surface area contributed by atoms with E-state index in [9.17, 15) is 19.2 Å². The maximum Gasteiger partial charge on any atom is 0.341 e. The molecule has 0 saturated carbocycles. The first kappa shape index (κ1) is 21.6. The van der Waals surface area contributed by atoms with Gasteiger partial charge in [0.05, 0.1) is 16.7 Å². The van der Waals surface area contributed by atoms with E-state index in [-0.39, 0.29) is 23.0 Å². The molecule has 0 fully saturated rings. The number of thioether (sulfide) groups is 1. The lowest BCUT2D eigenvalue weighted by Crippen LogP contribution is -2.37. The van der Waals surface area contributed by atoms with Crippen LogP contribution in [0.25, 0.3) is 0 Å². The van der Waals surface area contributed by atoms with Crippen molar-refractivity contribution < 1.29 is 28.7 Å². The molecule has 1 heterocycles. The summed E-state index contributed by atoms with van der Waals surface area (Å²) in [6.45, 7) is 3.04. The average molecular weight is 421 g/mol. The summed E-state index contributed by atoms with van der Waals surface area (Å²) in [6, 6.07) is 9.61. The molecule has 0 radical (unpaired) electrons. The van der Waals surface area contributed by atoms with Crippen molar-refractivity contribution in [3.05, 3.63) is 52.2 Å². The second-order valence-electron chi connectivity index (χ2n) is 5.43. The van der Waals surface area contributed by atoms with Gasteiger partial charge >= 0.3 is 11.9 Å². The van der Waals surface area contributed by atoms with Crippen molar-refractivity contribution >= 4 is 46.1 Å². The fraction of sp³-hybridized carbons (Fsp3) is 0.263. The molecule has 1 unspecified atom stereocenters. The number of benzene rings is 1. The molecule has 1 atom stereocenters. The Hall–Kier alpha value is -2.65. The van der Waals surface area contributed by atoms with Gasteiger partial charge in [0.15, 0.2) is 0 Å². The first-order chi connectivity index (χ1) is 13.4. The highest BCUT2D eigenvalue weighted by atomic mass is 32.2. The minimum absolute atomic E-state index is 0.0514. The van der Waals surface area contributed by atoms with Crippen molar-refractivity contribution in [2.75, 3.05) is 13.2 Å². The third-order valence-corrected chi connectivity index (χ3v) is 5.39. The van der Waals surface area contributed by atoms with Crippen LogP contribution in [0.3, 0.4) is 0 Å². The molecule has 2 aromatic rings.